The Morgan fingerprint density at radius 2 is 2.00 bits per heavy atom. The molecule has 1 amide bonds. The number of aliphatic carboxylic acids is 1. The number of rotatable bonds is 5. The fourth-order valence-electron chi connectivity index (χ4n) is 2.81. The molecule has 1 atom stereocenters. The SMILES string of the molecule is O=C(O)CC1CCCN1C(=O)CSC1CCNCC1. The van der Waals surface area contributed by atoms with Gasteiger partial charge in [-0.15, -0.1) is 11.8 Å². The van der Waals surface area contributed by atoms with Crippen LogP contribution in [0.1, 0.15) is 32.1 Å². The average Bonchev–Trinajstić information content (AvgIpc) is 2.84. The number of carbonyl (C=O) groups excluding carboxylic acids is 1. The molecule has 5 nitrogen and oxygen atoms in total. The second-order valence-corrected chi connectivity index (χ2v) is 6.53. The normalized spacial score (nSPS) is 24.6. The fraction of sp³-hybridized carbons (Fsp3) is 0.846. The lowest BCUT2D eigenvalue weighted by Gasteiger charge is -2.26. The van der Waals surface area contributed by atoms with Crippen molar-refractivity contribution in [3.05, 3.63) is 0 Å². The molecule has 1 unspecified atom stereocenters. The van der Waals surface area contributed by atoms with Crippen LogP contribution in [0.25, 0.3) is 0 Å². The molecule has 6 heteroatoms. The second-order valence-electron chi connectivity index (χ2n) is 5.24. The lowest BCUT2D eigenvalue weighted by molar-refractivity contribution is -0.139. The molecule has 2 aliphatic heterocycles. The molecular formula is C13H22N2O3S. The highest BCUT2D eigenvalue weighted by Crippen LogP contribution is 2.24. The summed E-state index contributed by atoms with van der Waals surface area (Å²) in [7, 11) is 0. The molecule has 0 aromatic carbocycles. The van der Waals surface area contributed by atoms with Gasteiger partial charge in [0.05, 0.1) is 12.2 Å². The average molecular weight is 286 g/mol. The molecule has 2 saturated heterocycles. The number of carboxylic acids is 1. The molecule has 0 spiro atoms. The minimum absolute atomic E-state index is 0.0846. The number of thioether (sulfide) groups is 1. The molecule has 2 N–H and O–H groups in total. The van der Waals surface area contributed by atoms with E-state index in [0.717, 1.165) is 45.3 Å². The Kier molecular flexibility index (Phi) is 5.51. The van der Waals surface area contributed by atoms with Gasteiger partial charge >= 0.3 is 5.97 Å². The van der Waals surface area contributed by atoms with Gasteiger partial charge in [-0.05, 0) is 38.8 Å². The van der Waals surface area contributed by atoms with Gasteiger partial charge in [0, 0.05) is 17.8 Å². The van der Waals surface area contributed by atoms with Crippen molar-refractivity contribution < 1.29 is 14.7 Å². The number of amides is 1. The first-order valence-electron chi connectivity index (χ1n) is 7.00. The molecule has 2 aliphatic rings. The zero-order valence-corrected chi connectivity index (χ0v) is 12.0. The van der Waals surface area contributed by atoms with Crippen molar-refractivity contribution in [3.63, 3.8) is 0 Å². The second kappa shape index (κ2) is 7.14. The maximum absolute atomic E-state index is 12.2. The van der Waals surface area contributed by atoms with Gasteiger partial charge in [0.1, 0.15) is 0 Å². The summed E-state index contributed by atoms with van der Waals surface area (Å²) in [6.45, 7) is 2.80. The molecule has 2 fully saturated rings. The van der Waals surface area contributed by atoms with Crippen LogP contribution < -0.4 is 5.32 Å². The van der Waals surface area contributed by atoms with Crippen molar-refractivity contribution in [2.24, 2.45) is 0 Å². The summed E-state index contributed by atoms with van der Waals surface area (Å²) in [5.41, 5.74) is 0. The van der Waals surface area contributed by atoms with Crippen molar-refractivity contribution in [1.82, 2.24) is 10.2 Å². The Hall–Kier alpha value is -0.750. The van der Waals surface area contributed by atoms with Crippen LogP contribution in [-0.4, -0.2) is 58.6 Å². The molecule has 0 saturated carbocycles. The van der Waals surface area contributed by atoms with E-state index >= 15 is 0 Å². The predicted octanol–water partition coefficient (Wildman–Crippen LogP) is 0.937. The van der Waals surface area contributed by atoms with Crippen LogP contribution in [0.2, 0.25) is 0 Å². The summed E-state index contributed by atoms with van der Waals surface area (Å²) in [6.07, 6.45) is 4.09. The van der Waals surface area contributed by atoms with Crippen LogP contribution in [0.3, 0.4) is 0 Å². The largest absolute Gasteiger partial charge is 0.481 e. The fourth-order valence-corrected chi connectivity index (χ4v) is 3.93. The number of piperidine rings is 1. The van der Waals surface area contributed by atoms with E-state index in [-0.39, 0.29) is 18.4 Å². The summed E-state index contributed by atoms with van der Waals surface area (Å²) >= 11 is 1.73. The third-order valence-electron chi connectivity index (χ3n) is 3.84. The smallest absolute Gasteiger partial charge is 0.305 e. The molecular weight excluding hydrogens is 264 g/mol. The van der Waals surface area contributed by atoms with Crippen LogP contribution >= 0.6 is 11.8 Å². The number of nitrogens with zero attached hydrogens (tertiary/aromatic N) is 1. The first kappa shape index (κ1) is 14.7. The Balaban J connectivity index is 1.76. The van der Waals surface area contributed by atoms with Crippen molar-refractivity contribution in [2.75, 3.05) is 25.4 Å². The number of hydrogen-bond acceptors (Lipinski definition) is 4. The maximum atomic E-state index is 12.2. The summed E-state index contributed by atoms with van der Waals surface area (Å²) in [5, 5.41) is 12.7. The van der Waals surface area contributed by atoms with Crippen LogP contribution in [0.15, 0.2) is 0 Å². The molecule has 0 aliphatic carbocycles. The monoisotopic (exact) mass is 286 g/mol. The zero-order chi connectivity index (χ0) is 13.7. The third-order valence-corrected chi connectivity index (χ3v) is 5.19. The molecule has 2 rings (SSSR count). The highest BCUT2D eigenvalue weighted by molar-refractivity contribution is 8.00. The summed E-state index contributed by atoms with van der Waals surface area (Å²) in [5.74, 6) is -0.191. The quantitative estimate of drug-likeness (QED) is 0.787. The number of hydrogen-bond donors (Lipinski definition) is 2. The van der Waals surface area contributed by atoms with E-state index in [1.165, 1.54) is 0 Å². The van der Waals surface area contributed by atoms with Gasteiger partial charge < -0.3 is 15.3 Å². The highest BCUT2D eigenvalue weighted by atomic mass is 32.2. The number of likely N-dealkylation sites (tertiary alicyclic amines) is 1. The van der Waals surface area contributed by atoms with Crippen molar-refractivity contribution in [1.29, 1.82) is 0 Å². The number of carboxylic acid groups (broad SMARTS) is 1. The van der Waals surface area contributed by atoms with Crippen molar-refractivity contribution in [2.45, 2.75) is 43.4 Å². The van der Waals surface area contributed by atoms with Gasteiger partial charge in [-0.1, -0.05) is 0 Å². The lowest BCUT2D eigenvalue weighted by Crippen LogP contribution is -2.38. The van der Waals surface area contributed by atoms with E-state index in [4.69, 9.17) is 5.11 Å². The molecule has 0 radical (unpaired) electrons. The van der Waals surface area contributed by atoms with Crippen LogP contribution in [0.4, 0.5) is 0 Å². The summed E-state index contributed by atoms with van der Waals surface area (Å²) in [6, 6.07) is -0.0846. The maximum Gasteiger partial charge on any atom is 0.305 e. The standard InChI is InChI=1S/C13H22N2O3S/c16-12(9-19-11-3-5-14-6-4-11)15-7-1-2-10(15)8-13(17)18/h10-11,14H,1-9H2,(H,17,18). The minimum atomic E-state index is -0.810. The van der Waals surface area contributed by atoms with E-state index in [0.29, 0.717) is 11.0 Å². The first-order chi connectivity index (χ1) is 9.16. The molecule has 19 heavy (non-hydrogen) atoms. The van der Waals surface area contributed by atoms with Crippen molar-refractivity contribution in [3.8, 4) is 0 Å². The zero-order valence-electron chi connectivity index (χ0n) is 11.1. The van der Waals surface area contributed by atoms with Gasteiger partial charge in [-0.3, -0.25) is 9.59 Å². The molecule has 2 heterocycles. The van der Waals surface area contributed by atoms with Crippen LogP contribution in [0, 0.1) is 0 Å². The van der Waals surface area contributed by atoms with Gasteiger partial charge in [0.2, 0.25) is 5.91 Å². The van der Waals surface area contributed by atoms with Crippen molar-refractivity contribution >= 4 is 23.6 Å². The molecule has 108 valence electrons. The van der Waals surface area contributed by atoms with E-state index < -0.39 is 5.97 Å². The van der Waals surface area contributed by atoms with Crippen LogP contribution in [0.5, 0.6) is 0 Å². The molecule has 0 aromatic rings. The lowest BCUT2D eigenvalue weighted by atomic mass is 10.1. The van der Waals surface area contributed by atoms with E-state index in [2.05, 4.69) is 5.32 Å². The third kappa shape index (κ3) is 4.38. The van der Waals surface area contributed by atoms with Gasteiger partial charge in [0.25, 0.3) is 0 Å². The predicted molar refractivity (Wildman–Crippen MR) is 75.3 cm³/mol. The molecule has 0 aromatic heterocycles. The Morgan fingerprint density at radius 1 is 1.26 bits per heavy atom. The van der Waals surface area contributed by atoms with Crippen LogP contribution in [-0.2, 0) is 9.59 Å². The van der Waals surface area contributed by atoms with Gasteiger partial charge in [-0.25, -0.2) is 0 Å². The Labute approximate surface area is 118 Å². The molecule has 0 bridgehead atoms. The number of nitrogens with one attached hydrogen (secondary N) is 1. The Morgan fingerprint density at radius 3 is 2.68 bits per heavy atom. The summed E-state index contributed by atoms with van der Waals surface area (Å²) < 4.78 is 0. The van der Waals surface area contributed by atoms with E-state index in [1.54, 1.807) is 16.7 Å². The topological polar surface area (TPSA) is 69.6 Å². The van der Waals surface area contributed by atoms with E-state index in [1.807, 2.05) is 0 Å². The Bertz CT molecular complexity index is 332. The van der Waals surface area contributed by atoms with Gasteiger partial charge in [0.15, 0.2) is 0 Å². The van der Waals surface area contributed by atoms with Gasteiger partial charge in [-0.2, -0.15) is 0 Å². The first-order valence-corrected chi connectivity index (χ1v) is 8.05. The summed E-state index contributed by atoms with van der Waals surface area (Å²) in [4.78, 5) is 24.7. The highest BCUT2D eigenvalue weighted by Gasteiger charge is 2.30. The van der Waals surface area contributed by atoms with E-state index in [9.17, 15) is 9.59 Å². The minimum Gasteiger partial charge on any atom is -0.481 e. The number of carbonyl (C=O) groups is 2.